The third-order valence-corrected chi connectivity index (χ3v) is 6.26. The van der Waals surface area contributed by atoms with E-state index in [9.17, 15) is 13.2 Å². The number of benzene rings is 2. The minimum atomic E-state index is -3.37. The van der Waals surface area contributed by atoms with E-state index in [-0.39, 0.29) is 5.91 Å². The fraction of sp³-hybridized carbons (Fsp3) is 0.381. The maximum Gasteiger partial charge on any atom is 0.251 e. The van der Waals surface area contributed by atoms with Gasteiger partial charge in [0.1, 0.15) is 0 Å². The molecule has 28 heavy (non-hydrogen) atoms. The Morgan fingerprint density at radius 1 is 1.07 bits per heavy atom. The van der Waals surface area contributed by atoms with Crippen molar-refractivity contribution >= 4 is 21.6 Å². The third kappa shape index (κ3) is 5.33. The molecule has 2 aromatic rings. The van der Waals surface area contributed by atoms with Crippen LogP contribution in [0, 0.1) is 0 Å². The molecule has 0 saturated carbocycles. The average molecular weight is 402 g/mol. The van der Waals surface area contributed by atoms with E-state index in [1.54, 1.807) is 24.3 Å². The van der Waals surface area contributed by atoms with Crippen molar-refractivity contribution in [1.82, 2.24) is 10.2 Å². The number of amides is 1. The van der Waals surface area contributed by atoms with Crippen LogP contribution in [0.3, 0.4) is 0 Å². The minimum absolute atomic E-state index is 0.232. The lowest BCUT2D eigenvalue weighted by atomic mass is 10.1. The van der Waals surface area contributed by atoms with Crippen molar-refractivity contribution in [2.24, 2.45) is 0 Å². The van der Waals surface area contributed by atoms with Crippen LogP contribution in [0.25, 0.3) is 0 Å². The van der Waals surface area contributed by atoms with Crippen molar-refractivity contribution < 1.29 is 13.2 Å². The number of carbonyl (C=O) groups is 1. The Kier molecular flexibility index (Phi) is 6.36. The first-order valence-electron chi connectivity index (χ1n) is 9.45. The fourth-order valence-electron chi connectivity index (χ4n) is 3.28. The van der Waals surface area contributed by atoms with Crippen LogP contribution >= 0.6 is 0 Å². The van der Waals surface area contributed by atoms with E-state index in [0.29, 0.717) is 17.8 Å². The number of rotatable bonds is 7. The molecular formula is C21H27N3O3S. The van der Waals surface area contributed by atoms with Crippen LogP contribution in [-0.2, 0) is 23.1 Å². The molecular weight excluding hydrogens is 374 g/mol. The van der Waals surface area contributed by atoms with Crippen LogP contribution in [0.15, 0.2) is 48.5 Å². The number of sulfonamides is 1. The lowest BCUT2D eigenvalue weighted by Gasteiger charge is -2.17. The van der Waals surface area contributed by atoms with Crippen molar-refractivity contribution in [3.63, 3.8) is 0 Å². The van der Waals surface area contributed by atoms with Gasteiger partial charge in [-0.2, -0.15) is 0 Å². The summed E-state index contributed by atoms with van der Waals surface area (Å²) in [6.07, 6.45) is 3.70. The maximum absolute atomic E-state index is 12.5. The van der Waals surface area contributed by atoms with E-state index in [1.807, 2.05) is 12.1 Å². The van der Waals surface area contributed by atoms with Crippen LogP contribution in [-0.4, -0.2) is 45.6 Å². The Morgan fingerprint density at radius 2 is 1.71 bits per heavy atom. The van der Waals surface area contributed by atoms with E-state index in [2.05, 4.69) is 22.3 Å². The molecule has 2 aromatic carbocycles. The molecule has 0 bridgehead atoms. The number of nitrogens with zero attached hydrogens (tertiary/aromatic N) is 2. The standard InChI is InChI=1S/C21H27N3O3S/c1-23(28(2,26)27)20-7-5-6-19(14-20)21(25)22-15-17-8-10-18(11-9-17)16-24-12-3-4-13-24/h5-11,14H,3-4,12-13,15-16H2,1-2H3,(H,22,25). The summed E-state index contributed by atoms with van der Waals surface area (Å²) in [5.41, 5.74) is 3.21. The molecule has 1 aliphatic heterocycles. The van der Waals surface area contributed by atoms with E-state index >= 15 is 0 Å². The van der Waals surface area contributed by atoms with Gasteiger partial charge in [0, 0.05) is 25.7 Å². The molecule has 0 radical (unpaired) electrons. The largest absolute Gasteiger partial charge is 0.348 e. The average Bonchev–Trinajstić information content (AvgIpc) is 3.19. The molecule has 0 aromatic heterocycles. The lowest BCUT2D eigenvalue weighted by Crippen LogP contribution is -2.26. The zero-order valence-corrected chi connectivity index (χ0v) is 17.2. The van der Waals surface area contributed by atoms with Gasteiger partial charge in [-0.15, -0.1) is 0 Å². The summed E-state index contributed by atoms with van der Waals surface area (Å²) in [4.78, 5) is 14.9. The van der Waals surface area contributed by atoms with Gasteiger partial charge in [-0.3, -0.25) is 14.0 Å². The molecule has 1 saturated heterocycles. The Balaban J connectivity index is 1.58. The van der Waals surface area contributed by atoms with Crippen molar-refractivity contribution in [1.29, 1.82) is 0 Å². The van der Waals surface area contributed by atoms with Crippen LogP contribution in [0.2, 0.25) is 0 Å². The molecule has 1 N–H and O–H groups in total. The molecule has 0 spiro atoms. The highest BCUT2D eigenvalue weighted by Gasteiger charge is 2.14. The molecule has 6 nitrogen and oxygen atoms in total. The predicted octanol–water partition coefficient (Wildman–Crippen LogP) is 2.61. The topological polar surface area (TPSA) is 69.7 Å². The normalized spacial score (nSPS) is 14.8. The minimum Gasteiger partial charge on any atom is -0.348 e. The summed E-state index contributed by atoms with van der Waals surface area (Å²) in [6, 6.07) is 14.9. The molecule has 1 aliphatic rings. The maximum atomic E-state index is 12.5. The molecule has 1 amide bonds. The summed E-state index contributed by atoms with van der Waals surface area (Å²) >= 11 is 0. The summed E-state index contributed by atoms with van der Waals surface area (Å²) in [7, 11) is -1.90. The third-order valence-electron chi connectivity index (χ3n) is 5.05. The summed E-state index contributed by atoms with van der Waals surface area (Å²) in [5, 5.41) is 2.90. The van der Waals surface area contributed by atoms with E-state index < -0.39 is 10.0 Å². The first-order chi connectivity index (χ1) is 13.3. The first-order valence-corrected chi connectivity index (χ1v) is 11.3. The summed E-state index contributed by atoms with van der Waals surface area (Å²) in [6.45, 7) is 3.75. The zero-order valence-electron chi connectivity index (χ0n) is 16.4. The molecule has 1 fully saturated rings. The van der Waals surface area contributed by atoms with Crippen molar-refractivity contribution in [2.75, 3.05) is 30.7 Å². The first kappa shape index (κ1) is 20.4. The van der Waals surface area contributed by atoms with Crippen LogP contribution in [0.1, 0.15) is 34.3 Å². The number of hydrogen-bond acceptors (Lipinski definition) is 4. The lowest BCUT2D eigenvalue weighted by molar-refractivity contribution is 0.0951. The van der Waals surface area contributed by atoms with Gasteiger partial charge < -0.3 is 5.32 Å². The van der Waals surface area contributed by atoms with Gasteiger partial charge in [-0.1, -0.05) is 30.3 Å². The number of likely N-dealkylation sites (tertiary alicyclic amines) is 1. The molecule has 1 heterocycles. The van der Waals surface area contributed by atoms with Gasteiger partial charge in [0.25, 0.3) is 5.91 Å². The molecule has 3 rings (SSSR count). The molecule has 0 aliphatic carbocycles. The molecule has 0 atom stereocenters. The van der Waals surface area contributed by atoms with Gasteiger partial charge in [-0.05, 0) is 55.3 Å². The fourth-order valence-corrected chi connectivity index (χ4v) is 3.78. The number of nitrogens with one attached hydrogen (secondary N) is 1. The Bertz CT molecular complexity index is 920. The van der Waals surface area contributed by atoms with E-state index in [1.165, 1.54) is 38.5 Å². The van der Waals surface area contributed by atoms with Gasteiger partial charge in [0.2, 0.25) is 10.0 Å². The van der Waals surface area contributed by atoms with E-state index in [4.69, 9.17) is 0 Å². The molecule has 150 valence electrons. The monoisotopic (exact) mass is 401 g/mol. The van der Waals surface area contributed by atoms with Gasteiger partial charge in [0.15, 0.2) is 0 Å². The van der Waals surface area contributed by atoms with Crippen LogP contribution in [0.4, 0.5) is 5.69 Å². The van der Waals surface area contributed by atoms with Gasteiger partial charge in [0.05, 0.1) is 11.9 Å². The van der Waals surface area contributed by atoms with Crippen molar-refractivity contribution in [3.05, 3.63) is 65.2 Å². The van der Waals surface area contributed by atoms with Crippen LogP contribution in [0.5, 0.6) is 0 Å². The summed E-state index contributed by atoms with van der Waals surface area (Å²) in [5.74, 6) is -0.232. The highest BCUT2D eigenvalue weighted by Crippen LogP contribution is 2.17. The number of carbonyl (C=O) groups excluding carboxylic acids is 1. The summed E-state index contributed by atoms with van der Waals surface area (Å²) < 4.78 is 24.5. The zero-order chi connectivity index (χ0) is 20.1. The predicted molar refractivity (Wildman–Crippen MR) is 112 cm³/mol. The van der Waals surface area contributed by atoms with Crippen molar-refractivity contribution in [2.45, 2.75) is 25.9 Å². The second-order valence-electron chi connectivity index (χ2n) is 7.26. The quantitative estimate of drug-likeness (QED) is 0.774. The van der Waals surface area contributed by atoms with E-state index in [0.717, 1.165) is 22.7 Å². The SMILES string of the molecule is CN(c1cccc(C(=O)NCc2ccc(CN3CCCC3)cc2)c1)S(C)(=O)=O. The Labute approximate surface area is 167 Å². The van der Waals surface area contributed by atoms with Gasteiger partial charge >= 0.3 is 0 Å². The Morgan fingerprint density at radius 3 is 2.36 bits per heavy atom. The highest BCUT2D eigenvalue weighted by atomic mass is 32.2. The highest BCUT2D eigenvalue weighted by molar-refractivity contribution is 7.92. The van der Waals surface area contributed by atoms with Crippen LogP contribution < -0.4 is 9.62 Å². The van der Waals surface area contributed by atoms with Gasteiger partial charge in [-0.25, -0.2) is 8.42 Å². The second kappa shape index (κ2) is 8.75. The molecule has 7 heteroatoms. The molecule has 0 unspecified atom stereocenters. The van der Waals surface area contributed by atoms with Crippen molar-refractivity contribution in [3.8, 4) is 0 Å². The Hall–Kier alpha value is -2.38. The number of hydrogen-bond donors (Lipinski definition) is 1. The number of anilines is 1. The second-order valence-corrected chi connectivity index (χ2v) is 9.28. The smallest absolute Gasteiger partial charge is 0.251 e.